The molecule has 1 aliphatic rings. The molecule has 78 valence electrons. The number of likely N-dealkylation sites (N-methyl/N-ethyl adjacent to an activating group) is 1. The lowest BCUT2D eigenvalue weighted by molar-refractivity contribution is 0.0426. The van der Waals surface area contributed by atoms with E-state index < -0.39 is 5.60 Å². The van der Waals surface area contributed by atoms with Crippen molar-refractivity contribution in [2.45, 2.75) is 38.3 Å². The van der Waals surface area contributed by atoms with Crippen molar-refractivity contribution in [1.29, 1.82) is 0 Å². The van der Waals surface area contributed by atoms with Crippen LogP contribution in [0.5, 0.6) is 0 Å². The summed E-state index contributed by atoms with van der Waals surface area (Å²) in [5, 5.41) is 13.0. The second-order valence-corrected chi connectivity index (χ2v) is 4.80. The molecule has 3 heteroatoms. The van der Waals surface area contributed by atoms with Crippen molar-refractivity contribution in [2.75, 3.05) is 26.7 Å². The summed E-state index contributed by atoms with van der Waals surface area (Å²) in [4.78, 5) is 2.20. The van der Waals surface area contributed by atoms with Crippen LogP contribution in [-0.2, 0) is 0 Å². The molecule has 2 N–H and O–H groups in total. The van der Waals surface area contributed by atoms with Gasteiger partial charge < -0.3 is 15.3 Å². The van der Waals surface area contributed by atoms with Crippen molar-refractivity contribution >= 4 is 0 Å². The van der Waals surface area contributed by atoms with Gasteiger partial charge in [-0.1, -0.05) is 0 Å². The SMILES string of the molecule is CN(CC1CCCN1)CC(C)(C)O. The fourth-order valence-corrected chi connectivity index (χ4v) is 2.01. The summed E-state index contributed by atoms with van der Waals surface area (Å²) in [6.07, 6.45) is 2.57. The zero-order chi connectivity index (χ0) is 9.90. The highest BCUT2D eigenvalue weighted by atomic mass is 16.3. The Morgan fingerprint density at radius 2 is 2.23 bits per heavy atom. The molecule has 1 unspecified atom stereocenters. The van der Waals surface area contributed by atoms with Gasteiger partial charge in [0.05, 0.1) is 5.60 Å². The minimum atomic E-state index is -0.576. The van der Waals surface area contributed by atoms with Gasteiger partial charge in [-0.2, -0.15) is 0 Å². The standard InChI is InChI=1S/C10H22N2O/c1-10(2,13)8-12(3)7-9-5-4-6-11-9/h9,11,13H,4-8H2,1-3H3. The van der Waals surface area contributed by atoms with Crippen LogP contribution in [0.3, 0.4) is 0 Å². The Morgan fingerprint density at radius 1 is 1.54 bits per heavy atom. The molecule has 1 aliphatic heterocycles. The van der Waals surface area contributed by atoms with E-state index in [1.807, 2.05) is 13.8 Å². The number of hydrogen-bond acceptors (Lipinski definition) is 3. The second-order valence-electron chi connectivity index (χ2n) is 4.80. The minimum absolute atomic E-state index is 0.576. The lowest BCUT2D eigenvalue weighted by Crippen LogP contribution is -2.42. The Kier molecular flexibility index (Phi) is 3.71. The van der Waals surface area contributed by atoms with Crippen molar-refractivity contribution < 1.29 is 5.11 Å². The maximum Gasteiger partial charge on any atom is 0.0718 e. The van der Waals surface area contributed by atoms with E-state index in [1.54, 1.807) is 0 Å². The van der Waals surface area contributed by atoms with Crippen LogP contribution in [0, 0.1) is 0 Å². The highest BCUT2D eigenvalue weighted by molar-refractivity contribution is 4.79. The first kappa shape index (κ1) is 11.0. The van der Waals surface area contributed by atoms with Crippen LogP contribution in [0.4, 0.5) is 0 Å². The number of rotatable bonds is 4. The molecule has 0 radical (unpaired) electrons. The average Bonchev–Trinajstić information content (AvgIpc) is 2.34. The third-order valence-electron chi connectivity index (χ3n) is 2.35. The van der Waals surface area contributed by atoms with E-state index in [4.69, 9.17) is 0 Å². The predicted octanol–water partition coefficient (Wildman–Crippen LogP) is 0.441. The molecule has 13 heavy (non-hydrogen) atoms. The summed E-state index contributed by atoms with van der Waals surface area (Å²) in [6, 6.07) is 0.632. The topological polar surface area (TPSA) is 35.5 Å². The van der Waals surface area contributed by atoms with Crippen LogP contribution in [0.1, 0.15) is 26.7 Å². The van der Waals surface area contributed by atoms with Gasteiger partial charge in [0.15, 0.2) is 0 Å². The molecule has 0 bridgehead atoms. The maximum absolute atomic E-state index is 9.60. The largest absolute Gasteiger partial charge is 0.389 e. The van der Waals surface area contributed by atoms with Gasteiger partial charge in [-0.3, -0.25) is 0 Å². The summed E-state index contributed by atoms with van der Waals surface area (Å²) in [6.45, 7) is 6.65. The summed E-state index contributed by atoms with van der Waals surface area (Å²) in [5.74, 6) is 0. The van der Waals surface area contributed by atoms with E-state index in [1.165, 1.54) is 12.8 Å². The summed E-state index contributed by atoms with van der Waals surface area (Å²) < 4.78 is 0. The fourth-order valence-electron chi connectivity index (χ4n) is 2.01. The number of aliphatic hydroxyl groups is 1. The first-order chi connectivity index (χ1) is 5.97. The summed E-state index contributed by atoms with van der Waals surface area (Å²) in [7, 11) is 2.07. The second kappa shape index (κ2) is 4.40. The van der Waals surface area contributed by atoms with Crippen LogP contribution in [0.15, 0.2) is 0 Å². The highest BCUT2D eigenvalue weighted by Crippen LogP contribution is 2.08. The lowest BCUT2D eigenvalue weighted by atomic mass is 10.1. The Balaban J connectivity index is 2.20. The Bertz CT molecular complexity index is 147. The van der Waals surface area contributed by atoms with Gasteiger partial charge in [0.25, 0.3) is 0 Å². The van der Waals surface area contributed by atoms with Crippen molar-refractivity contribution in [3.8, 4) is 0 Å². The first-order valence-electron chi connectivity index (χ1n) is 5.12. The smallest absolute Gasteiger partial charge is 0.0718 e. The molecule has 0 amide bonds. The summed E-state index contributed by atoms with van der Waals surface area (Å²) in [5.41, 5.74) is -0.576. The molecular formula is C10H22N2O. The molecule has 0 aromatic carbocycles. The van der Waals surface area contributed by atoms with E-state index in [9.17, 15) is 5.11 Å². The van der Waals surface area contributed by atoms with E-state index >= 15 is 0 Å². The quantitative estimate of drug-likeness (QED) is 0.669. The molecular weight excluding hydrogens is 164 g/mol. The van der Waals surface area contributed by atoms with E-state index in [0.717, 1.165) is 19.6 Å². The van der Waals surface area contributed by atoms with Crippen molar-refractivity contribution in [1.82, 2.24) is 10.2 Å². The Morgan fingerprint density at radius 3 is 2.69 bits per heavy atom. The molecule has 0 saturated carbocycles. The molecule has 1 fully saturated rings. The Hall–Kier alpha value is -0.120. The fraction of sp³-hybridized carbons (Fsp3) is 1.00. The van der Waals surface area contributed by atoms with Gasteiger partial charge in [0.2, 0.25) is 0 Å². The molecule has 0 aromatic rings. The third-order valence-corrected chi connectivity index (χ3v) is 2.35. The molecule has 0 aliphatic carbocycles. The summed E-state index contributed by atoms with van der Waals surface area (Å²) >= 11 is 0. The van der Waals surface area contributed by atoms with Crippen LogP contribution in [0.25, 0.3) is 0 Å². The molecule has 1 rings (SSSR count). The number of nitrogens with one attached hydrogen (secondary N) is 1. The van der Waals surface area contributed by atoms with Crippen molar-refractivity contribution in [3.05, 3.63) is 0 Å². The van der Waals surface area contributed by atoms with Crippen LogP contribution < -0.4 is 5.32 Å². The molecule has 0 spiro atoms. The van der Waals surface area contributed by atoms with E-state index in [2.05, 4.69) is 17.3 Å². The van der Waals surface area contributed by atoms with E-state index in [-0.39, 0.29) is 0 Å². The Labute approximate surface area is 81.1 Å². The molecule has 1 heterocycles. The normalized spacial score (nSPS) is 24.2. The maximum atomic E-state index is 9.60. The monoisotopic (exact) mass is 186 g/mol. The van der Waals surface area contributed by atoms with Gasteiger partial charge in [-0.25, -0.2) is 0 Å². The molecule has 1 atom stereocenters. The number of nitrogens with zero attached hydrogens (tertiary/aromatic N) is 1. The molecule has 1 saturated heterocycles. The van der Waals surface area contributed by atoms with Crippen LogP contribution in [0.2, 0.25) is 0 Å². The zero-order valence-corrected chi connectivity index (χ0v) is 9.01. The van der Waals surface area contributed by atoms with Gasteiger partial charge in [0, 0.05) is 19.1 Å². The van der Waals surface area contributed by atoms with Gasteiger partial charge in [0.1, 0.15) is 0 Å². The average molecular weight is 186 g/mol. The van der Waals surface area contributed by atoms with Crippen LogP contribution in [-0.4, -0.2) is 48.3 Å². The third kappa shape index (κ3) is 4.60. The lowest BCUT2D eigenvalue weighted by Gasteiger charge is -2.27. The van der Waals surface area contributed by atoms with E-state index in [0.29, 0.717) is 6.04 Å². The highest BCUT2D eigenvalue weighted by Gasteiger charge is 2.20. The van der Waals surface area contributed by atoms with Crippen LogP contribution >= 0.6 is 0 Å². The molecule has 3 nitrogen and oxygen atoms in total. The van der Waals surface area contributed by atoms with Crippen molar-refractivity contribution in [2.24, 2.45) is 0 Å². The van der Waals surface area contributed by atoms with Gasteiger partial charge in [-0.15, -0.1) is 0 Å². The number of hydrogen-bond donors (Lipinski definition) is 2. The predicted molar refractivity (Wildman–Crippen MR) is 54.8 cm³/mol. The first-order valence-corrected chi connectivity index (χ1v) is 5.12. The van der Waals surface area contributed by atoms with Gasteiger partial charge >= 0.3 is 0 Å². The van der Waals surface area contributed by atoms with Crippen molar-refractivity contribution in [3.63, 3.8) is 0 Å². The zero-order valence-electron chi connectivity index (χ0n) is 9.01. The van der Waals surface area contributed by atoms with Gasteiger partial charge in [-0.05, 0) is 40.3 Å². The molecule has 0 aromatic heterocycles. The minimum Gasteiger partial charge on any atom is -0.389 e.